The summed E-state index contributed by atoms with van der Waals surface area (Å²) in [6.45, 7) is 2.99. The molecule has 2 aromatic rings. The van der Waals surface area contributed by atoms with Crippen molar-refractivity contribution in [3.05, 3.63) is 16.6 Å². The van der Waals surface area contributed by atoms with Gasteiger partial charge in [0.05, 0.1) is 0 Å². The molecule has 2 aromatic heterocycles. The molecule has 0 bridgehead atoms. The van der Waals surface area contributed by atoms with E-state index in [0.29, 0.717) is 10.8 Å². The number of aromatic nitrogens is 4. The first-order chi connectivity index (χ1) is 6.70. The Labute approximate surface area is 90.9 Å². The van der Waals surface area contributed by atoms with Gasteiger partial charge in [0, 0.05) is 6.42 Å². The predicted molar refractivity (Wildman–Crippen MR) is 54.4 cm³/mol. The maximum absolute atomic E-state index is 5.91. The Kier molecular flexibility index (Phi) is 2.56. The van der Waals surface area contributed by atoms with Crippen molar-refractivity contribution in [2.45, 2.75) is 19.9 Å². The molecule has 0 fully saturated rings. The molecule has 0 atom stereocenters. The Morgan fingerprint density at radius 3 is 2.93 bits per heavy atom. The van der Waals surface area contributed by atoms with E-state index in [-0.39, 0.29) is 5.28 Å². The Morgan fingerprint density at radius 2 is 2.21 bits per heavy atom. The van der Waals surface area contributed by atoms with Gasteiger partial charge in [-0.05, 0) is 11.6 Å². The number of hydrogen-bond donors (Lipinski definition) is 1. The number of halogens is 2. The molecule has 2 rings (SSSR count). The topological polar surface area (TPSA) is 45.5 Å². The zero-order valence-corrected chi connectivity index (χ0v) is 9.10. The minimum Gasteiger partial charge on any atom is -0.205 e. The maximum atomic E-state index is 5.91. The van der Waals surface area contributed by atoms with Gasteiger partial charge in [0.2, 0.25) is 17.1 Å². The summed E-state index contributed by atoms with van der Waals surface area (Å²) in [6.07, 6.45) is 2.92. The maximum Gasteiger partial charge on any atom is 0.225 e. The summed E-state index contributed by atoms with van der Waals surface area (Å²) in [6, 6.07) is 0. The molecule has 74 valence electrons. The Bertz CT molecular complexity index is 466. The number of aromatic amines is 1. The van der Waals surface area contributed by atoms with E-state index in [1.54, 1.807) is 0 Å². The molecule has 0 aromatic carbocycles. The van der Waals surface area contributed by atoms with E-state index in [1.165, 1.54) is 0 Å². The van der Waals surface area contributed by atoms with Crippen LogP contribution in [-0.4, -0.2) is 15.1 Å². The second-order valence-electron chi connectivity index (χ2n) is 2.98. The number of nitrogens with zero attached hydrogens (tertiary/aromatic N) is 3. The number of rotatable bonds is 2. The second kappa shape index (κ2) is 3.71. The van der Waals surface area contributed by atoms with Crippen molar-refractivity contribution in [1.82, 2.24) is 15.1 Å². The number of nitrogens with one attached hydrogen (secondary N) is 1. The largest absolute Gasteiger partial charge is 0.225 e. The third kappa shape index (κ3) is 1.67. The summed E-state index contributed by atoms with van der Waals surface area (Å²) in [7, 11) is 0. The smallest absolute Gasteiger partial charge is 0.205 e. The first-order valence-corrected chi connectivity index (χ1v) is 5.07. The van der Waals surface area contributed by atoms with Crippen LogP contribution in [0.15, 0.2) is 6.20 Å². The molecule has 0 amide bonds. The van der Waals surface area contributed by atoms with Crippen molar-refractivity contribution in [1.29, 1.82) is 0 Å². The van der Waals surface area contributed by atoms with Crippen molar-refractivity contribution in [2.24, 2.45) is 0 Å². The standard InChI is InChI=1S/C8H8Cl2N4/c1-2-3-14-4-5-6(9)11-8(10)12-7(5)13-14/h4H,2-3H2,1H3/p+1. The van der Waals surface area contributed by atoms with E-state index >= 15 is 0 Å². The molecule has 4 nitrogen and oxygen atoms in total. The summed E-state index contributed by atoms with van der Waals surface area (Å²) in [4.78, 5) is 7.89. The zero-order valence-electron chi connectivity index (χ0n) is 7.59. The van der Waals surface area contributed by atoms with Crippen LogP contribution in [0.2, 0.25) is 10.4 Å². The lowest BCUT2D eigenvalue weighted by Gasteiger charge is -1.89. The monoisotopic (exact) mass is 231 g/mol. The summed E-state index contributed by atoms with van der Waals surface area (Å²) in [5.41, 5.74) is 0.670. The molecule has 0 aliphatic rings. The van der Waals surface area contributed by atoms with Gasteiger partial charge in [-0.25, -0.2) is 4.98 Å². The number of aryl methyl sites for hydroxylation is 1. The van der Waals surface area contributed by atoms with Gasteiger partial charge in [-0.1, -0.05) is 18.5 Å². The first kappa shape index (κ1) is 9.68. The molecule has 0 saturated carbocycles. The quantitative estimate of drug-likeness (QED) is 0.488. The third-order valence-corrected chi connectivity index (χ3v) is 2.33. The minimum absolute atomic E-state index is 0.160. The van der Waals surface area contributed by atoms with Crippen LogP contribution >= 0.6 is 23.2 Å². The van der Waals surface area contributed by atoms with E-state index in [4.69, 9.17) is 23.2 Å². The summed E-state index contributed by atoms with van der Waals surface area (Å²) < 4.78 is 1.92. The molecule has 1 N–H and O–H groups in total. The molecule has 0 radical (unpaired) electrons. The van der Waals surface area contributed by atoms with E-state index in [9.17, 15) is 0 Å². The fourth-order valence-corrected chi connectivity index (χ4v) is 1.73. The van der Waals surface area contributed by atoms with Crippen LogP contribution in [-0.2, 0) is 6.54 Å². The Morgan fingerprint density at radius 1 is 1.43 bits per heavy atom. The molecule has 0 aliphatic carbocycles. The SMILES string of the molecule is CCC[n+]1cc2c(Cl)nc(Cl)nc2[nH]1. The van der Waals surface area contributed by atoms with Gasteiger partial charge in [0.15, 0.2) is 6.54 Å². The predicted octanol–water partition coefficient (Wildman–Crippen LogP) is 1.96. The van der Waals surface area contributed by atoms with Gasteiger partial charge in [0.1, 0.15) is 10.5 Å². The Hall–Kier alpha value is -0.870. The highest BCUT2D eigenvalue weighted by Gasteiger charge is 2.13. The van der Waals surface area contributed by atoms with Gasteiger partial charge in [0.25, 0.3) is 0 Å². The average Bonchev–Trinajstić information content (AvgIpc) is 2.48. The summed E-state index contributed by atoms with van der Waals surface area (Å²) >= 11 is 11.6. The van der Waals surface area contributed by atoms with Crippen molar-refractivity contribution in [3.8, 4) is 0 Å². The molecule has 0 saturated heterocycles. The molecule has 0 aliphatic heterocycles. The fraction of sp³-hybridized carbons (Fsp3) is 0.375. The van der Waals surface area contributed by atoms with Gasteiger partial charge in [-0.15, -0.1) is 9.78 Å². The number of hydrogen-bond acceptors (Lipinski definition) is 2. The molecular weight excluding hydrogens is 223 g/mol. The molecule has 0 spiro atoms. The molecule has 14 heavy (non-hydrogen) atoms. The lowest BCUT2D eigenvalue weighted by Crippen LogP contribution is -2.34. The van der Waals surface area contributed by atoms with Crippen molar-refractivity contribution >= 4 is 34.2 Å². The van der Waals surface area contributed by atoms with Crippen molar-refractivity contribution in [2.75, 3.05) is 0 Å². The molecule has 2 heterocycles. The van der Waals surface area contributed by atoms with Crippen LogP contribution in [0.1, 0.15) is 13.3 Å². The highest BCUT2D eigenvalue weighted by molar-refractivity contribution is 6.35. The second-order valence-corrected chi connectivity index (χ2v) is 3.68. The summed E-state index contributed by atoms with van der Waals surface area (Å²) in [5.74, 6) is 0. The van der Waals surface area contributed by atoms with Crippen LogP contribution in [0, 0.1) is 0 Å². The van der Waals surface area contributed by atoms with Gasteiger partial charge in [-0.2, -0.15) is 4.98 Å². The Balaban J connectivity index is 2.58. The van der Waals surface area contributed by atoms with Crippen molar-refractivity contribution < 1.29 is 4.68 Å². The van der Waals surface area contributed by atoms with Crippen LogP contribution in [0.5, 0.6) is 0 Å². The molecule has 0 unspecified atom stereocenters. The normalized spacial score (nSPS) is 11.1. The van der Waals surface area contributed by atoms with E-state index in [2.05, 4.69) is 22.0 Å². The third-order valence-electron chi connectivity index (χ3n) is 1.87. The lowest BCUT2D eigenvalue weighted by molar-refractivity contribution is -0.748. The van der Waals surface area contributed by atoms with Crippen LogP contribution in [0.4, 0.5) is 0 Å². The lowest BCUT2D eigenvalue weighted by atomic mass is 10.4. The molecule has 6 heteroatoms. The van der Waals surface area contributed by atoms with Gasteiger partial charge < -0.3 is 0 Å². The van der Waals surface area contributed by atoms with Crippen LogP contribution < -0.4 is 4.68 Å². The highest BCUT2D eigenvalue weighted by atomic mass is 35.5. The van der Waals surface area contributed by atoms with E-state index in [0.717, 1.165) is 18.4 Å². The van der Waals surface area contributed by atoms with E-state index in [1.807, 2.05) is 10.9 Å². The van der Waals surface area contributed by atoms with Gasteiger partial charge in [-0.3, -0.25) is 0 Å². The van der Waals surface area contributed by atoms with Gasteiger partial charge >= 0.3 is 0 Å². The first-order valence-electron chi connectivity index (χ1n) is 4.32. The highest BCUT2D eigenvalue weighted by Crippen LogP contribution is 2.18. The average molecular weight is 232 g/mol. The fourth-order valence-electron chi connectivity index (χ4n) is 1.30. The van der Waals surface area contributed by atoms with Crippen molar-refractivity contribution in [3.63, 3.8) is 0 Å². The minimum atomic E-state index is 0.160. The number of H-pyrrole nitrogens is 1. The van der Waals surface area contributed by atoms with Crippen LogP contribution in [0.3, 0.4) is 0 Å². The van der Waals surface area contributed by atoms with Crippen LogP contribution in [0.25, 0.3) is 11.0 Å². The van der Waals surface area contributed by atoms with E-state index < -0.39 is 0 Å². The zero-order chi connectivity index (χ0) is 10.1. The summed E-state index contributed by atoms with van der Waals surface area (Å²) in [5, 5.41) is 4.41. The molecular formula is C8H9Cl2N4+. The number of fused-ring (bicyclic) bond motifs is 1.